The fraction of sp³-hybridized carbons (Fsp3) is 0.368. The molecule has 5 nitrogen and oxygen atoms in total. The lowest BCUT2D eigenvalue weighted by molar-refractivity contribution is 0.0748. The summed E-state index contributed by atoms with van der Waals surface area (Å²) in [5.74, 6) is 1.22. The number of amides is 1. The Bertz CT molecular complexity index is 776. The maximum Gasteiger partial charge on any atom is 0.253 e. The fourth-order valence-corrected chi connectivity index (χ4v) is 3.78. The second kappa shape index (κ2) is 9.60. The summed E-state index contributed by atoms with van der Waals surface area (Å²) in [4.78, 5) is 18.7. The van der Waals surface area contributed by atoms with Crippen LogP contribution in [0.25, 0.3) is 0 Å². The van der Waals surface area contributed by atoms with Crippen LogP contribution < -0.4 is 10.1 Å². The summed E-state index contributed by atoms with van der Waals surface area (Å²) in [5, 5.41) is 4.02. The molecule has 0 saturated carbocycles. The number of likely N-dealkylation sites (tertiary alicyclic amines) is 1. The Morgan fingerprint density at radius 1 is 1.11 bits per heavy atom. The summed E-state index contributed by atoms with van der Waals surface area (Å²) in [6.45, 7) is 1.56. The first-order chi connectivity index (χ1) is 12.2. The normalized spacial score (nSPS) is 20.9. The molecular formula is C19H22Cl3N3O2. The SMILES string of the molecule is Cl.Cl.O=C(c1ccc(Oc2ccncc2)c(Cl)c1)N1CCC2CCC(C1)N2. The molecule has 1 aromatic heterocycles. The number of hydrogen-bond donors (Lipinski definition) is 1. The molecule has 3 heterocycles. The minimum atomic E-state index is 0. The number of benzene rings is 1. The van der Waals surface area contributed by atoms with Gasteiger partial charge >= 0.3 is 0 Å². The van der Waals surface area contributed by atoms with Crippen molar-refractivity contribution in [2.24, 2.45) is 0 Å². The third-order valence-electron chi connectivity index (χ3n) is 4.87. The second-order valence-corrected chi connectivity index (χ2v) is 7.02. The topological polar surface area (TPSA) is 54.5 Å². The van der Waals surface area contributed by atoms with E-state index in [9.17, 15) is 4.79 Å². The molecular weight excluding hydrogens is 409 g/mol. The first-order valence-electron chi connectivity index (χ1n) is 8.62. The number of pyridine rings is 1. The molecule has 0 radical (unpaired) electrons. The molecule has 2 fully saturated rings. The summed E-state index contributed by atoms with van der Waals surface area (Å²) >= 11 is 6.33. The average molecular weight is 431 g/mol. The number of halogens is 3. The molecule has 2 bridgehead atoms. The van der Waals surface area contributed by atoms with Gasteiger partial charge in [0, 0.05) is 43.1 Å². The van der Waals surface area contributed by atoms with Crippen LogP contribution in [0.3, 0.4) is 0 Å². The number of rotatable bonds is 3. The zero-order chi connectivity index (χ0) is 17.2. The van der Waals surface area contributed by atoms with E-state index in [4.69, 9.17) is 16.3 Å². The van der Waals surface area contributed by atoms with Gasteiger partial charge in [-0.15, -0.1) is 24.8 Å². The second-order valence-electron chi connectivity index (χ2n) is 6.61. The smallest absolute Gasteiger partial charge is 0.253 e. The van der Waals surface area contributed by atoms with E-state index in [-0.39, 0.29) is 30.7 Å². The molecule has 2 aliphatic rings. The van der Waals surface area contributed by atoms with E-state index >= 15 is 0 Å². The Hall–Kier alpha value is -1.53. The number of nitrogens with zero attached hydrogens (tertiary/aromatic N) is 2. The van der Waals surface area contributed by atoms with Crippen LogP contribution in [-0.2, 0) is 0 Å². The van der Waals surface area contributed by atoms with Crippen LogP contribution in [0.15, 0.2) is 42.7 Å². The van der Waals surface area contributed by atoms with Crippen LogP contribution >= 0.6 is 36.4 Å². The van der Waals surface area contributed by atoms with Crippen molar-refractivity contribution in [1.29, 1.82) is 0 Å². The summed E-state index contributed by atoms with van der Waals surface area (Å²) in [5.41, 5.74) is 0.602. The van der Waals surface area contributed by atoms with Crippen LogP contribution in [0.1, 0.15) is 29.6 Å². The molecule has 0 aliphatic carbocycles. The largest absolute Gasteiger partial charge is 0.456 e. The van der Waals surface area contributed by atoms with Crippen LogP contribution in [0, 0.1) is 0 Å². The Morgan fingerprint density at radius 2 is 1.85 bits per heavy atom. The van der Waals surface area contributed by atoms with E-state index in [0.717, 1.165) is 25.9 Å². The van der Waals surface area contributed by atoms with Crippen molar-refractivity contribution < 1.29 is 9.53 Å². The maximum absolute atomic E-state index is 12.8. The first kappa shape index (κ1) is 21.8. The molecule has 1 amide bonds. The van der Waals surface area contributed by atoms with Crippen molar-refractivity contribution in [3.8, 4) is 11.5 Å². The Morgan fingerprint density at radius 3 is 2.59 bits per heavy atom. The number of nitrogens with one attached hydrogen (secondary N) is 1. The van der Waals surface area contributed by atoms with Crippen LogP contribution in [-0.4, -0.2) is 41.0 Å². The van der Waals surface area contributed by atoms with E-state index in [1.807, 2.05) is 4.90 Å². The molecule has 2 saturated heterocycles. The highest BCUT2D eigenvalue weighted by Crippen LogP contribution is 2.30. The monoisotopic (exact) mass is 429 g/mol. The number of carbonyl (C=O) groups is 1. The van der Waals surface area contributed by atoms with Gasteiger partial charge < -0.3 is 15.0 Å². The predicted octanol–water partition coefficient (Wildman–Crippen LogP) is 4.34. The number of aromatic nitrogens is 1. The van der Waals surface area contributed by atoms with Crippen molar-refractivity contribution in [3.63, 3.8) is 0 Å². The van der Waals surface area contributed by atoms with Gasteiger partial charge in [0.05, 0.1) is 5.02 Å². The van der Waals surface area contributed by atoms with Gasteiger partial charge in [-0.1, -0.05) is 11.6 Å². The standard InChI is InChI=1S/C19H20ClN3O2.2ClH/c20-17-11-13(1-4-18(17)25-16-5-8-21-9-6-16)19(24)23-10-7-14-2-3-15(12-23)22-14;;/h1,4-6,8-9,11,14-15,22H,2-3,7,10,12H2;2*1H. The molecule has 2 unspecified atom stereocenters. The van der Waals surface area contributed by atoms with Crippen molar-refractivity contribution in [3.05, 3.63) is 53.3 Å². The van der Waals surface area contributed by atoms with Crippen LogP contribution in [0.4, 0.5) is 0 Å². The van der Waals surface area contributed by atoms with Crippen LogP contribution in [0.2, 0.25) is 5.02 Å². The van der Waals surface area contributed by atoms with E-state index in [2.05, 4.69) is 10.3 Å². The minimum Gasteiger partial charge on any atom is -0.456 e. The van der Waals surface area contributed by atoms with Gasteiger partial charge in [0.25, 0.3) is 5.91 Å². The highest BCUT2D eigenvalue weighted by molar-refractivity contribution is 6.32. The van der Waals surface area contributed by atoms with E-state index in [0.29, 0.717) is 34.2 Å². The Kier molecular flexibility index (Phi) is 7.74. The molecule has 2 atom stereocenters. The third kappa shape index (κ3) is 5.05. The van der Waals surface area contributed by atoms with Crippen molar-refractivity contribution in [2.75, 3.05) is 13.1 Å². The van der Waals surface area contributed by atoms with Gasteiger partial charge in [0.15, 0.2) is 0 Å². The van der Waals surface area contributed by atoms with Gasteiger partial charge in [-0.05, 0) is 49.6 Å². The highest BCUT2D eigenvalue weighted by atomic mass is 35.5. The number of ether oxygens (including phenoxy) is 1. The van der Waals surface area contributed by atoms with E-state index in [1.54, 1.807) is 42.7 Å². The Balaban J connectivity index is 0.00000131. The molecule has 2 aliphatic heterocycles. The van der Waals surface area contributed by atoms with Crippen molar-refractivity contribution in [1.82, 2.24) is 15.2 Å². The molecule has 2 aromatic rings. The predicted molar refractivity (Wildman–Crippen MR) is 111 cm³/mol. The lowest BCUT2D eigenvalue weighted by Gasteiger charge is -2.24. The quantitative estimate of drug-likeness (QED) is 0.787. The van der Waals surface area contributed by atoms with Gasteiger partial charge in [0.2, 0.25) is 0 Å². The van der Waals surface area contributed by atoms with E-state index < -0.39 is 0 Å². The molecule has 4 rings (SSSR count). The van der Waals surface area contributed by atoms with Crippen molar-refractivity contribution in [2.45, 2.75) is 31.3 Å². The highest BCUT2D eigenvalue weighted by Gasteiger charge is 2.31. The molecule has 1 N–H and O–H groups in total. The number of fused-ring (bicyclic) bond motifs is 2. The lowest BCUT2D eigenvalue weighted by atomic mass is 10.1. The third-order valence-corrected chi connectivity index (χ3v) is 5.16. The first-order valence-corrected chi connectivity index (χ1v) is 8.99. The lowest BCUT2D eigenvalue weighted by Crippen LogP contribution is -2.39. The summed E-state index contributed by atoms with van der Waals surface area (Å²) in [7, 11) is 0. The van der Waals surface area contributed by atoms with Gasteiger partial charge in [-0.25, -0.2) is 0 Å². The molecule has 27 heavy (non-hydrogen) atoms. The Labute approximate surface area is 176 Å². The molecule has 146 valence electrons. The van der Waals surface area contributed by atoms with Gasteiger partial charge in [0.1, 0.15) is 11.5 Å². The molecule has 1 aromatic carbocycles. The molecule has 8 heteroatoms. The minimum absolute atomic E-state index is 0. The summed E-state index contributed by atoms with van der Waals surface area (Å²) in [6.07, 6.45) is 6.69. The number of carbonyl (C=O) groups excluding carboxylic acids is 1. The maximum atomic E-state index is 12.8. The van der Waals surface area contributed by atoms with Crippen LogP contribution in [0.5, 0.6) is 11.5 Å². The van der Waals surface area contributed by atoms with Gasteiger partial charge in [-0.2, -0.15) is 0 Å². The summed E-state index contributed by atoms with van der Waals surface area (Å²) in [6, 6.07) is 9.71. The van der Waals surface area contributed by atoms with E-state index in [1.165, 1.54) is 6.42 Å². The van der Waals surface area contributed by atoms with Crippen molar-refractivity contribution >= 4 is 42.3 Å². The van der Waals surface area contributed by atoms with Gasteiger partial charge in [-0.3, -0.25) is 9.78 Å². The summed E-state index contributed by atoms with van der Waals surface area (Å²) < 4.78 is 5.74. The zero-order valence-corrected chi connectivity index (χ0v) is 17.0. The zero-order valence-electron chi connectivity index (χ0n) is 14.6. The fourth-order valence-electron chi connectivity index (χ4n) is 3.56. The molecule has 0 spiro atoms. The average Bonchev–Trinajstić information content (AvgIpc) is 2.96. The number of hydrogen-bond acceptors (Lipinski definition) is 4.